The molecule has 0 atom stereocenters. The molecule has 0 unspecified atom stereocenters. The number of ketones is 1. The van der Waals surface area contributed by atoms with E-state index in [2.05, 4.69) is 27.8 Å². The van der Waals surface area contributed by atoms with Gasteiger partial charge in [0.1, 0.15) is 0 Å². The van der Waals surface area contributed by atoms with E-state index in [9.17, 15) is 4.79 Å². The summed E-state index contributed by atoms with van der Waals surface area (Å²) in [6.45, 7) is 1.71. The highest BCUT2D eigenvalue weighted by molar-refractivity contribution is 9.10. The number of Topliss-reactive ketones (excluding diaryl/α,β-unsaturated/α-hetero) is 1. The van der Waals surface area contributed by atoms with Crippen molar-refractivity contribution in [2.24, 2.45) is 0 Å². The molecule has 3 heteroatoms. The Labute approximate surface area is 96.6 Å². The third-order valence-electron chi connectivity index (χ3n) is 1.66. The maximum Gasteiger partial charge on any atom is 0.175 e. The summed E-state index contributed by atoms with van der Waals surface area (Å²) in [5.74, 6) is 5.42. The molecule has 1 aromatic rings. The van der Waals surface area contributed by atoms with Crippen LogP contribution in [0.4, 0.5) is 0 Å². The van der Waals surface area contributed by atoms with Crippen LogP contribution in [0.15, 0.2) is 22.7 Å². The summed E-state index contributed by atoms with van der Waals surface area (Å²) >= 11 is 9.04. The van der Waals surface area contributed by atoms with Gasteiger partial charge in [-0.05, 0) is 41.1 Å². The lowest BCUT2D eigenvalue weighted by Gasteiger charge is -2.00. The third kappa shape index (κ3) is 2.87. The van der Waals surface area contributed by atoms with Crippen molar-refractivity contribution < 1.29 is 4.79 Å². The van der Waals surface area contributed by atoms with Crippen LogP contribution in [0.25, 0.3) is 0 Å². The van der Waals surface area contributed by atoms with Gasteiger partial charge in [0.05, 0.1) is 6.42 Å². The van der Waals surface area contributed by atoms with E-state index in [1.165, 1.54) is 0 Å². The fourth-order valence-electron chi connectivity index (χ4n) is 0.980. The van der Waals surface area contributed by atoms with Crippen LogP contribution in [-0.2, 0) is 0 Å². The average molecular weight is 272 g/mol. The first-order valence-electron chi connectivity index (χ1n) is 4.03. The van der Waals surface area contributed by atoms with Crippen molar-refractivity contribution in [1.29, 1.82) is 0 Å². The number of carbonyl (C=O) groups is 1. The maximum absolute atomic E-state index is 11.6. The lowest BCUT2D eigenvalue weighted by molar-refractivity contribution is 0.0997. The standard InChI is InChI=1S/C11H8BrClO/c1-2-3-4-11(14)9-6-5-8(13)7-10(9)12/h5-7H,4H2,1H3. The van der Waals surface area contributed by atoms with Gasteiger partial charge in [-0.15, -0.1) is 5.92 Å². The van der Waals surface area contributed by atoms with Gasteiger partial charge in [-0.2, -0.15) is 0 Å². The lowest BCUT2D eigenvalue weighted by atomic mass is 10.1. The highest BCUT2D eigenvalue weighted by Gasteiger charge is 2.08. The topological polar surface area (TPSA) is 17.1 Å². The first-order chi connectivity index (χ1) is 6.65. The zero-order valence-corrected chi connectivity index (χ0v) is 9.95. The van der Waals surface area contributed by atoms with Crippen LogP contribution in [0.1, 0.15) is 23.7 Å². The van der Waals surface area contributed by atoms with Crippen LogP contribution < -0.4 is 0 Å². The van der Waals surface area contributed by atoms with Crippen LogP contribution in [-0.4, -0.2) is 5.78 Å². The van der Waals surface area contributed by atoms with E-state index in [-0.39, 0.29) is 12.2 Å². The van der Waals surface area contributed by atoms with E-state index in [1.54, 1.807) is 25.1 Å². The van der Waals surface area contributed by atoms with E-state index in [1.807, 2.05) is 0 Å². The summed E-state index contributed by atoms with van der Waals surface area (Å²) in [7, 11) is 0. The third-order valence-corrected chi connectivity index (χ3v) is 2.55. The van der Waals surface area contributed by atoms with Crippen LogP contribution in [0, 0.1) is 11.8 Å². The van der Waals surface area contributed by atoms with Gasteiger partial charge in [0.25, 0.3) is 0 Å². The normalized spacial score (nSPS) is 9.07. The monoisotopic (exact) mass is 270 g/mol. The molecule has 0 aliphatic rings. The van der Waals surface area contributed by atoms with Crippen LogP contribution in [0.2, 0.25) is 5.02 Å². The Morgan fingerprint density at radius 1 is 1.57 bits per heavy atom. The van der Waals surface area contributed by atoms with Crippen molar-refractivity contribution in [3.63, 3.8) is 0 Å². The molecule has 0 aromatic heterocycles. The first kappa shape index (κ1) is 11.3. The van der Waals surface area contributed by atoms with Gasteiger partial charge >= 0.3 is 0 Å². The van der Waals surface area contributed by atoms with Gasteiger partial charge < -0.3 is 0 Å². The molecule has 0 spiro atoms. The quantitative estimate of drug-likeness (QED) is 0.592. The number of rotatable bonds is 2. The summed E-state index contributed by atoms with van der Waals surface area (Å²) in [5, 5.41) is 0.606. The molecule has 0 radical (unpaired) electrons. The van der Waals surface area contributed by atoms with Crippen LogP contribution >= 0.6 is 27.5 Å². The molecule has 0 aliphatic carbocycles. The molecule has 14 heavy (non-hydrogen) atoms. The summed E-state index contributed by atoms with van der Waals surface area (Å²) in [4.78, 5) is 11.6. The highest BCUT2D eigenvalue weighted by Crippen LogP contribution is 2.22. The highest BCUT2D eigenvalue weighted by atomic mass is 79.9. The maximum atomic E-state index is 11.6. The number of benzene rings is 1. The fraction of sp³-hybridized carbons (Fsp3) is 0.182. The molecule has 0 heterocycles. The molecule has 0 fully saturated rings. The van der Waals surface area contributed by atoms with Crippen molar-refractivity contribution in [2.45, 2.75) is 13.3 Å². The SMILES string of the molecule is CC#CCC(=O)c1ccc(Cl)cc1Br. The van der Waals surface area contributed by atoms with Crippen molar-refractivity contribution in [1.82, 2.24) is 0 Å². The number of carbonyl (C=O) groups excluding carboxylic acids is 1. The van der Waals surface area contributed by atoms with Crippen molar-refractivity contribution in [3.8, 4) is 11.8 Å². The summed E-state index contributed by atoms with van der Waals surface area (Å²) in [5.41, 5.74) is 0.622. The number of hydrogen-bond acceptors (Lipinski definition) is 1. The lowest BCUT2D eigenvalue weighted by Crippen LogP contribution is -1.98. The Balaban J connectivity index is 2.94. The largest absolute Gasteiger partial charge is 0.293 e. The Kier molecular flexibility index (Phi) is 4.19. The summed E-state index contributed by atoms with van der Waals surface area (Å²) in [6, 6.07) is 5.10. The van der Waals surface area contributed by atoms with Crippen LogP contribution in [0.5, 0.6) is 0 Å². The van der Waals surface area contributed by atoms with E-state index in [0.717, 1.165) is 0 Å². The molecule has 0 saturated carbocycles. The molecular weight excluding hydrogens is 263 g/mol. The molecule has 1 aromatic carbocycles. The van der Waals surface area contributed by atoms with Gasteiger partial charge in [0.15, 0.2) is 5.78 Å². The van der Waals surface area contributed by atoms with Gasteiger partial charge in [-0.1, -0.05) is 17.5 Å². The van der Waals surface area contributed by atoms with Gasteiger partial charge in [0, 0.05) is 15.1 Å². The Morgan fingerprint density at radius 3 is 2.86 bits per heavy atom. The second kappa shape index (κ2) is 5.19. The summed E-state index contributed by atoms with van der Waals surface area (Å²) in [6.07, 6.45) is 0.247. The molecule has 1 nitrogen and oxygen atoms in total. The predicted molar refractivity (Wildman–Crippen MR) is 61.5 cm³/mol. The Bertz CT molecular complexity index is 415. The van der Waals surface area contributed by atoms with E-state index >= 15 is 0 Å². The van der Waals surface area contributed by atoms with Gasteiger partial charge in [-0.3, -0.25) is 4.79 Å². The first-order valence-corrected chi connectivity index (χ1v) is 5.20. The van der Waals surface area contributed by atoms with E-state index < -0.39 is 0 Å². The minimum atomic E-state index is 0.00268. The predicted octanol–water partition coefficient (Wildman–Crippen LogP) is 3.70. The molecule has 72 valence electrons. The van der Waals surface area contributed by atoms with Gasteiger partial charge in [-0.25, -0.2) is 0 Å². The van der Waals surface area contributed by atoms with E-state index in [4.69, 9.17) is 11.6 Å². The minimum Gasteiger partial charge on any atom is -0.293 e. The fourth-order valence-corrected chi connectivity index (χ4v) is 1.88. The summed E-state index contributed by atoms with van der Waals surface area (Å²) < 4.78 is 0.716. The number of halogens is 2. The smallest absolute Gasteiger partial charge is 0.175 e. The molecule has 0 amide bonds. The minimum absolute atomic E-state index is 0.00268. The van der Waals surface area contributed by atoms with Crippen molar-refractivity contribution in [3.05, 3.63) is 33.3 Å². The Morgan fingerprint density at radius 2 is 2.29 bits per heavy atom. The second-order valence-electron chi connectivity index (χ2n) is 2.65. The zero-order valence-electron chi connectivity index (χ0n) is 7.60. The molecule has 0 bridgehead atoms. The van der Waals surface area contributed by atoms with Crippen LogP contribution in [0.3, 0.4) is 0 Å². The number of hydrogen-bond donors (Lipinski definition) is 0. The molecule has 1 rings (SSSR count). The Hall–Kier alpha value is -0.780. The van der Waals surface area contributed by atoms with E-state index in [0.29, 0.717) is 15.1 Å². The zero-order chi connectivity index (χ0) is 10.6. The molecule has 0 saturated heterocycles. The molecule has 0 N–H and O–H groups in total. The van der Waals surface area contributed by atoms with Gasteiger partial charge in [0.2, 0.25) is 0 Å². The average Bonchev–Trinajstić information content (AvgIpc) is 2.14. The second-order valence-corrected chi connectivity index (χ2v) is 3.94. The molecular formula is C11H8BrClO. The van der Waals surface area contributed by atoms with Crippen molar-refractivity contribution >= 4 is 33.3 Å². The van der Waals surface area contributed by atoms with Crippen molar-refractivity contribution in [2.75, 3.05) is 0 Å². The molecule has 0 aliphatic heterocycles.